The molecule has 0 saturated carbocycles. The van der Waals surface area contributed by atoms with Gasteiger partial charge in [0.2, 0.25) is 0 Å². The molecule has 184 valence electrons. The SMILES string of the molecule is C[C@H](NP(=O)(O)OC[C@H]1O[C@@H](n2ccc(=O)[nH]c2=O)[C@](C)(C#N)[C@@H]1O)C(=O)OCC(C)(C)C. The third-order valence-electron chi connectivity index (χ3n) is 4.90. The number of aromatic nitrogens is 2. The lowest BCUT2D eigenvalue weighted by Crippen LogP contribution is -2.41. The minimum atomic E-state index is -4.54. The van der Waals surface area contributed by atoms with Gasteiger partial charge in [-0.2, -0.15) is 5.26 Å². The highest BCUT2D eigenvalue weighted by atomic mass is 31.2. The van der Waals surface area contributed by atoms with Crippen molar-refractivity contribution in [1.29, 1.82) is 5.26 Å². The maximum atomic E-state index is 12.4. The number of carbonyl (C=O) groups excluding carboxylic acids is 1. The zero-order valence-corrected chi connectivity index (χ0v) is 19.9. The summed E-state index contributed by atoms with van der Waals surface area (Å²) < 4.78 is 29.0. The molecule has 0 amide bonds. The number of esters is 1. The van der Waals surface area contributed by atoms with E-state index in [0.29, 0.717) is 0 Å². The molecule has 1 unspecified atom stereocenters. The molecule has 1 fully saturated rings. The van der Waals surface area contributed by atoms with Gasteiger partial charge in [0.15, 0.2) is 6.23 Å². The third kappa shape index (κ3) is 6.60. The van der Waals surface area contributed by atoms with Gasteiger partial charge in [0.1, 0.15) is 23.7 Å². The van der Waals surface area contributed by atoms with Gasteiger partial charge in [-0.25, -0.2) is 14.4 Å². The number of hydrogen-bond donors (Lipinski definition) is 4. The molecule has 13 nitrogen and oxygen atoms in total. The van der Waals surface area contributed by atoms with Gasteiger partial charge >= 0.3 is 19.4 Å². The Kier molecular flexibility index (Phi) is 8.06. The monoisotopic (exact) mass is 488 g/mol. The average Bonchev–Trinajstić information content (AvgIpc) is 2.95. The maximum Gasteiger partial charge on any atom is 0.403 e. The highest BCUT2D eigenvalue weighted by Crippen LogP contribution is 2.46. The first-order chi connectivity index (χ1) is 15.1. The minimum Gasteiger partial charge on any atom is -0.464 e. The van der Waals surface area contributed by atoms with E-state index in [1.54, 1.807) is 0 Å². The lowest BCUT2D eigenvalue weighted by Gasteiger charge is -2.25. The molecule has 14 heteroatoms. The van der Waals surface area contributed by atoms with E-state index in [9.17, 15) is 34.2 Å². The second-order valence-corrected chi connectivity index (χ2v) is 10.8. The molecule has 2 heterocycles. The lowest BCUT2D eigenvalue weighted by atomic mass is 9.84. The average molecular weight is 488 g/mol. The van der Waals surface area contributed by atoms with Gasteiger partial charge in [-0.3, -0.25) is 23.7 Å². The van der Waals surface area contributed by atoms with Crippen LogP contribution in [0.1, 0.15) is 40.8 Å². The lowest BCUT2D eigenvalue weighted by molar-refractivity contribution is -0.148. The molecule has 0 radical (unpaired) electrons. The minimum absolute atomic E-state index is 0.106. The van der Waals surface area contributed by atoms with E-state index in [4.69, 9.17) is 14.0 Å². The van der Waals surface area contributed by atoms with E-state index in [1.807, 2.05) is 31.8 Å². The molecule has 1 aliphatic rings. The summed E-state index contributed by atoms with van der Waals surface area (Å²) in [5, 5.41) is 22.4. The van der Waals surface area contributed by atoms with Gasteiger partial charge < -0.3 is 19.5 Å². The Labute approximate surface area is 189 Å². The van der Waals surface area contributed by atoms with Crippen molar-refractivity contribution < 1.29 is 33.4 Å². The van der Waals surface area contributed by atoms with Crippen LogP contribution in [0.3, 0.4) is 0 Å². The molecule has 1 aliphatic heterocycles. The quantitative estimate of drug-likeness (QED) is 0.284. The summed E-state index contributed by atoms with van der Waals surface area (Å²) >= 11 is 0. The Morgan fingerprint density at radius 2 is 2.12 bits per heavy atom. The second kappa shape index (κ2) is 9.89. The van der Waals surface area contributed by atoms with Crippen LogP contribution in [0.5, 0.6) is 0 Å². The van der Waals surface area contributed by atoms with Crippen LogP contribution in [0.25, 0.3) is 0 Å². The Balaban J connectivity index is 2.07. The van der Waals surface area contributed by atoms with E-state index in [-0.39, 0.29) is 12.0 Å². The molecule has 4 N–H and O–H groups in total. The first kappa shape index (κ1) is 26.9. The predicted molar refractivity (Wildman–Crippen MR) is 114 cm³/mol. The van der Waals surface area contributed by atoms with Crippen LogP contribution in [-0.4, -0.2) is 57.0 Å². The summed E-state index contributed by atoms with van der Waals surface area (Å²) in [5.41, 5.74) is -3.45. The Morgan fingerprint density at radius 1 is 1.48 bits per heavy atom. The Hall–Kier alpha value is -2.33. The fourth-order valence-electron chi connectivity index (χ4n) is 3.05. The normalized spacial score (nSPS) is 28.0. The molecule has 0 spiro atoms. The molecule has 1 saturated heterocycles. The van der Waals surface area contributed by atoms with Crippen LogP contribution in [-0.2, 0) is 23.4 Å². The molecular formula is C19H29N4O9P. The number of nitrogens with one attached hydrogen (secondary N) is 2. The Morgan fingerprint density at radius 3 is 2.67 bits per heavy atom. The van der Waals surface area contributed by atoms with Gasteiger partial charge in [0.05, 0.1) is 19.3 Å². The van der Waals surface area contributed by atoms with Crippen molar-refractivity contribution in [1.82, 2.24) is 14.6 Å². The first-order valence-corrected chi connectivity index (χ1v) is 11.7. The van der Waals surface area contributed by atoms with Crippen molar-refractivity contribution in [2.75, 3.05) is 13.2 Å². The maximum absolute atomic E-state index is 12.4. The van der Waals surface area contributed by atoms with Gasteiger partial charge in [-0.1, -0.05) is 20.8 Å². The second-order valence-electron chi connectivity index (χ2n) is 9.22. The number of hydrogen-bond acceptors (Lipinski definition) is 9. The fourth-order valence-corrected chi connectivity index (χ4v) is 4.07. The van der Waals surface area contributed by atoms with Crippen LogP contribution in [0.2, 0.25) is 0 Å². The largest absolute Gasteiger partial charge is 0.464 e. The molecule has 6 atom stereocenters. The molecule has 33 heavy (non-hydrogen) atoms. The van der Waals surface area contributed by atoms with Crippen molar-refractivity contribution in [2.45, 2.75) is 59.1 Å². The molecule has 1 aromatic heterocycles. The van der Waals surface area contributed by atoms with E-state index in [2.05, 4.69) is 5.09 Å². The van der Waals surface area contributed by atoms with Gasteiger partial charge in [0.25, 0.3) is 5.56 Å². The van der Waals surface area contributed by atoms with Gasteiger partial charge in [-0.15, -0.1) is 0 Å². The highest BCUT2D eigenvalue weighted by Gasteiger charge is 2.55. The summed E-state index contributed by atoms with van der Waals surface area (Å²) in [6.07, 6.45) is -2.99. The third-order valence-corrected chi connectivity index (χ3v) is 6.11. The van der Waals surface area contributed by atoms with E-state index in [1.165, 1.54) is 13.8 Å². The topological polar surface area (TPSA) is 193 Å². The van der Waals surface area contributed by atoms with Crippen LogP contribution in [0.4, 0.5) is 0 Å². The first-order valence-electron chi connectivity index (χ1n) is 10.1. The number of nitrogens with zero attached hydrogens (tertiary/aromatic N) is 2. The molecule has 0 aliphatic carbocycles. The van der Waals surface area contributed by atoms with Crippen molar-refractivity contribution in [3.05, 3.63) is 33.1 Å². The number of carbonyl (C=O) groups is 1. The number of aliphatic hydroxyl groups is 1. The van der Waals surface area contributed by atoms with E-state index in [0.717, 1.165) is 16.8 Å². The summed E-state index contributed by atoms with van der Waals surface area (Å²) in [7, 11) is -4.54. The molecule has 0 aromatic carbocycles. The van der Waals surface area contributed by atoms with Crippen LogP contribution < -0.4 is 16.3 Å². The smallest absolute Gasteiger partial charge is 0.403 e. The van der Waals surface area contributed by atoms with Crippen molar-refractivity contribution in [2.24, 2.45) is 10.8 Å². The van der Waals surface area contributed by atoms with E-state index < -0.39 is 61.5 Å². The van der Waals surface area contributed by atoms with Crippen molar-refractivity contribution in [3.8, 4) is 6.07 Å². The van der Waals surface area contributed by atoms with E-state index >= 15 is 0 Å². The molecule has 0 bridgehead atoms. The number of rotatable bonds is 8. The number of ether oxygens (including phenoxy) is 2. The standard InChI is InChI=1S/C19H29N4O9P/c1-11(15(26)30-10-18(2,3)4)22-33(28,29)31-8-12-14(25)19(5,9-20)16(32-12)23-7-6-13(24)21-17(23)27/h6-7,11-12,14,16,25H,8,10H2,1-5H3,(H,21,24,27)(H2,22,28,29)/t11-,12+,14+,16+,19+/m0/s1. The van der Waals surface area contributed by atoms with Gasteiger partial charge in [-0.05, 0) is 19.3 Å². The Bertz CT molecular complexity index is 1070. The highest BCUT2D eigenvalue weighted by molar-refractivity contribution is 7.50. The van der Waals surface area contributed by atoms with Crippen molar-refractivity contribution in [3.63, 3.8) is 0 Å². The van der Waals surface area contributed by atoms with Crippen molar-refractivity contribution >= 4 is 13.7 Å². The molecule has 2 rings (SSSR count). The van der Waals surface area contributed by atoms with Crippen LogP contribution in [0.15, 0.2) is 21.9 Å². The summed E-state index contributed by atoms with van der Waals surface area (Å²) in [6, 6.07) is 1.76. The summed E-state index contributed by atoms with van der Waals surface area (Å²) in [6.45, 7) is 7.69. The van der Waals surface area contributed by atoms with Crippen LogP contribution >= 0.6 is 7.75 Å². The van der Waals surface area contributed by atoms with Crippen LogP contribution in [0, 0.1) is 22.2 Å². The summed E-state index contributed by atoms with van der Waals surface area (Å²) in [4.78, 5) is 47.6. The predicted octanol–water partition coefficient (Wildman–Crippen LogP) is 0.00918. The van der Waals surface area contributed by atoms with Gasteiger partial charge in [0, 0.05) is 12.3 Å². The number of aliphatic hydroxyl groups excluding tert-OH is 1. The fraction of sp³-hybridized carbons (Fsp3) is 0.684. The number of nitriles is 1. The zero-order valence-electron chi connectivity index (χ0n) is 19.0. The molecular weight excluding hydrogens is 459 g/mol. The number of aromatic amines is 1. The molecule has 1 aromatic rings. The zero-order chi connectivity index (χ0) is 25.2. The number of H-pyrrole nitrogens is 1. The summed E-state index contributed by atoms with van der Waals surface area (Å²) in [5.74, 6) is -0.755.